The molecule has 0 aromatic heterocycles. The number of carbonyl (C=O) groups excluding carboxylic acids is 1. The number of nitrogens with zero attached hydrogens (tertiary/aromatic N) is 1. The largest absolute Gasteiger partial charge is 0.344 e. The van der Waals surface area contributed by atoms with Crippen LogP contribution in [0.25, 0.3) is 0 Å². The van der Waals surface area contributed by atoms with E-state index in [1.165, 1.54) is 5.56 Å². The molecule has 1 amide bonds. The van der Waals surface area contributed by atoms with Crippen molar-refractivity contribution in [3.05, 3.63) is 34.9 Å². The van der Waals surface area contributed by atoms with Crippen LogP contribution in [-0.2, 0) is 11.2 Å². The Kier molecular flexibility index (Phi) is 5.65. The summed E-state index contributed by atoms with van der Waals surface area (Å²) in [5, 5.41) is 3.85. The van der Waals surface area contributed by atoms with Gasteiger partial charge in [-0.2, -0.15) is 0 Å². The van der Waals surface area contributed by atoms with Crippen LogP contribution >= 0.6 is 11.6 Å². The number of nitrogens with one attached hydrogen (secondary N) is 1. The third kappa shape index (κ3) is 3.98. The van der Waals surface area contributed by atoms with Crippen molar-refractivity contribution in [3.8, 4) is 0 Å². The van der Waals surface area contributed by atoms with Gasteiger partial charge in [-0.15, -0.1) is 0 Å². The van der Waals surface area contributed by atoms with Gasteiger partial charge < -0.3 is 10.2 Å². The summed E-state index contributed by atoms with van der Waals surface area (Å²) >= 11 is 6.08. The van der Waals surface area contributed by atoms with Gasteiger partial charge in [0, 0.05) is 25.2 Å². The Bertz CT molecular complexity index is 483. The molecule has 1 aliphatic carbocycles. The number of likely N-dealkylation sites (N-methyl/N-ethyl adjacent to an activating group) is 2. The highest BCUT2D eigenvalue weighted by molar-refractivity contribution is 6.30. The second-order valence-electron chi connectivity index (χ2n) is 6.12. The third-order valence-electron chi connectivity index (χ3n) is 4.49. The zero-order valence-corrected chi connectivity index (χ0v) is 13.7. The van der Waals surface area contributed by atoms with E-state index in [9.17, 15) is 4.79 Å². The Morgan fingerprint density at radius 3 is 2.71 bits per heavy atom. The molecule has 0 aliphatic heterocycles. The van der Waals surface area contributed by atoms with E-state index in [0.717, 1.165) is 50.2 Å². The third-order valence-corrected chi connectivity index (χ3v) is 4.72. The Morgan fingerprint density at radius 2 is 2.10 bits per heavy atom. The fourth-order valence-electron chi connectivity index (χ4n) is 3.34. The highest BCUT2D eigenvalue weighted by Crippen LogP contribution is 2.42. The molecule has 116 valence electrons. The minimum atomic E-state index is -0.229. The second-order valence-corrected chi connectivity index (χ2v) is 6.56. The fraction of sp³-hybridized carbons (Fsp3) is 0.588. The molecule has 1 saturated carbocycles. The van der Waals surface area contributed by atoms with Crippen LogP contribution in [0.15, 0.2) is 24.3 Å². The SMILES string of the molecule is CNCCN(C)C(=O)C1(Cc2cccc(Cl)c2)CCCC1. The topological polar surface area (TPSA) is 32.3 Å². The van der Waals surface area contributed by atoms with E-state index in [4.69, 9.17) is 11.6 Å². The van der Waals surface area contributed by atoms with E-state index in [2.05, 4.69) is 11.4 Å². The Labute approximate surface area is 132 Å². The summed E-state index contributed by atoms with van der Waals surface area (Å²) in [4.78, 5) is 14.8. The summed E-state index contributed by atoms with van der Waals surface area (Å²) in [6.07, 6.45) is 5.07. The van der Waals surface area contributed by atoms with Crippen molar-refractivity contribution in [3.63, 3.8) is 0 Å². The molecule has 1 fully saturated rings. The quantitative estimate of drug-likeness (QED) is 0.875. The molecule has 0 bridgehead atoms. The van der Waals surface area contributed by atoms with E-state index < -0.39 is 0 Å². The van der Waals surface area contributed by atoms with E-state index >= 15 is 0 Å². The maximum atomic E-state index is 12.9. The number of hydrogen-bond donors (Lipinski definition) is 1. The monoisotopic (exact) mass is 308 g/mol. The van der Waals surface area contributed by atoms with Crippen LogP contribution in [0.2, 0.25) is 5.02 Å². The lowest BCUT2D eigenvalue weighted by molar-refractivity contribution is -0.140. The Balaban J connectivity index is 2.14. The van der Waals surface area contributed by atoms with Gasteiger partial charge in [-0.1, -0.05) is 36.6 Å². The van der Waals surface area contributed by atoms with Gasteiger partial charge in [-0.3, -0.25) is 4.79 Å². The summed E-state index contributed by atoms with van der Waals surface area (Å²) in [7, 11) is 3.83. The van der Waals surface area contributed by atoms with E-state index in [1.807, 2.05) is 37.2 Å². The highest BCUT2D eigenvalue weighted by Gasteiger charge is 2.42. The molecule has 21 heavy (non-hydrogen) atoms. The normalized spacial score (nSPS) is 16.9. The van der Waals surface area contributed by atoms with Crippen LogP contribution in [0.1, 0.15) is 31.2 Å². The molecule has 0 heterocycles. The zero-order valence-electron chi connectivity index (χ0n) is 13.0. The van der Waals surface area contributed by atoms with Crippen LogP contribution in [0.4, 0.5) is 0 Å². The lowest BCUT2D eigenvalue weighted by atomic mass is 9.78. The van der Waals surface area contributed by atoms with Gasteiger partial charge in [-0.25, -0.2) is 0 Å². The van der Waals surface area contributed by atoms with Gasteiger partial charge in [0.25, 0.3) is 0 Å². The van der Waals surface area contributed by atoms with Crippen molar-refractivity contribution >= 4 is 17.5 Å². The molecule has 0 radical (unpaired) electrons. The van der Waals surface area contributed by atoms with E-state index in [0.29, 0.717) is 0 Å². The molecule has 1 aromatic carbocycles. The van der Waals surface area contributed by atoms with Crippen LogP contribution in [-0.4, -0.2) is 38.0 Å². The summed E-state index contributed by atoms with van der Waals surface area (Å²) in [6.45, 7) is 1.59. The highest BCUT2D eigenvalue weighted by atomic mass is 35.5. The van der Waals surface area contributed by atoms with Crippen LogP contribution < -0.4 is 5.32 Å². The molecular weight excluding hydrogens is 284 g/mol. The number of benzene rings is 1. The van der Waals surface area contributed by atoms with Crippen LogP contribution in [0, 0.1) is 5.41 Å². The molecule has 1 aliphatic rings. The molecular formula is C17H25ClN2O. The zero-order chi connectivity index (χ0) is 15.3. The second kappa shape index (κ2) is 7.28. The van der Waals surface area contributed by atoms with E-state index in [-0.39, 0.29) is 11.3 Å². The molecule has 1 N–H and O–H groups in total. The summed E-state index contributed by atoms with van der Waals surface area (Å²) in [6, 6.07) is 7.91. The van der Waals surface area contributed by atoms with Crippen molar-refractivity contribution in [2.45, 2.75) is 32.1 Å². The van der Waals surface area contributed by atoms with Crippen molar-refractivity contribution in [2.24, 2.45) is 5.41 Å². The van der Waals surface area contributed by atoms with Crippen molar-refractivity contribution in [1.29, 1.82) is 0 Å². The molecule has 3 nitrogen and oxygen atoms in total. The first-order valence-corrected chi connectivity index (χ1v) is 8.10. The van der Waals surface area contributed by atoms with Crippen LogP contribution in [0.3, 0.4) is 0 Å². The molecule has 0 spiro atoms. The average molecular weight is 309 g/mol. The maximum absolute atomic E-state index is 12.9. The molecule has 2 rings (SSSR count). The maximum Gasteiger partial charge on any atom is 0.228 e. The first-order chi connectivity index (χ1) is 10.1. The summed E-state index contributed by atoms with van der Waals surface area (Å²) < 4.78 is 0. The number of hydrogen-bond acceptors (Lipinski definition) is 2. The number of carbonyl (C=O) groups is 1. The average Bonchev–Trinajstić information content (AvgIpc) is 2.93. The lowest BCUT2D eigenvalue weighted by Crippen LogP contribution is -2.44. The summed E-state index contributed by atoms with van der Waals surface area (Å²) in [5.74, 6) is 0.287. The van der Waals surface area contributed by atoms with Gasteiger partial charge in [-0.05, 0) is 44.0 Å². The Morgan fingerprint density at radius 1 is 1.38 bits per heavy atom. The smallest absolute Gasteiger partial charge is 0.228 e. The van der Waals surface area contributed by atoms with E-state index in [1.54, 1.807) is 0 Å². The fourth-order valence-corrected chi connectivity index (χ4v) is 3.55. The van der Waals surface area contributed by atoms with Crippen molar-refractivity contribution < 1.29 is 4.79 Å². The first kappa shape index (κ1) is 16.3. The molecule has 4 heteroatoms. The standard InChI is InChI=1S/C17H25ClN2O/c1-19-10-11-20(2)16(21)17(8-3-4-9-17)13-14-6-5-7-15(18)12-14/h5-7,12,19H,3-4,8-11,13H2,1-2H3. The van der Waals surface area contributed by atoms with Gasteiger partial charge in [0.2, 0.25) is 5.91 Å². The number of halogens is 1. The molecule has 0 atom stereocenters. The molecule has 0 unspecified atom stereocenters. The number of rotatable bonds is 6. The molecule has 0 saturated heterocycles. The lowest BCUT2D eigenvalue weighted by Gasteiger charge is -2.32. The van der Waals surface area contributed by atoms with Gasteiger partial charge in [0.15, 0.2) is 0 Å². The Hall–Kier alpha value is -1.06. The summed E-state index contributed by atoms with van der Waals surface area (Å²) in [5.41, 5.74) is 0.937. The molecule has 1 aromatic rings. The van der Waals surface area contributed by atoms with Gasteiger partial charge in [0.1, 0.15) is 0 Å². The van der Waals surface area contributed by atoms with Crippen molar-refractivity contribution in [1.82, 2.24) is 10.2 Å². The van der Waals surface area contributed by atoms with Gasteiger partial charge >= 0.3 is 0 Å². The predicted octanol–water partition coefficient (Wildman–Crippen LogP) is 3.12. The first-order valence-electron chi connectivity index (χ1n) is 7.72. The number of amides is 1. The predicted molar refractivity (Wildman–Crippen MR) is 87.6 cm³/mol. The minimum absolute atomic E-state index is 0.229. The minimum Gasteiger partial charge on any atom is -0.344 e. The van der Waals surface area contributed by atoms with Gasteiger partial charge in [0.05, 0.1) is 5.41 Å². The van der Waals surface area contributed by atoms with Crippen LogP contribution in [0.5, 0.6) is 0 Å². The van der Waals surface area contributed by atoms with Crippen molar-refractivity contribution in [2.75, 3.05) is 27.2 Å².